The van der Waals surface area contributed by atoms with Crippen molar-refractivity contribution in [1.29, 1.82) is 0 Å². The lowest BCUT2D eigenvalue weighted by Crippen LogP contribution is -2.48. The SMILES string of the molecule is COc1ccc(C2CC(=O)N2CC(=O)O)cc1OC. The molecule has 1 fully saturated rings. The molecular formula is C13H15NO5. The molecular weight excluding hydrogens is 250 g/mol. The molecule has 1 atom stereocenters. The summed E-state index contributed by atoms with van der Waals surface area (Å²) in [6.45, 7) is -0.280. The van der Waals surface area contributed by atoms with Crippen molar-refractivity contribution < 1.29 is 24.2 Å². The van der Waals surface area contributed by atoms with E-state index in [2.05, 4.69) is 0 Å². The summed E-state index contributed by atoms with van der Waals surface area (Å²) in [7, 11) is 3.07. The van der Waals surface area contributed by atoms with Gasteiger partial charge in [-0.25, -0.2) is 0 Å². The van der Waals surface area contributed by atoms with Crippen LogP contribution in [0.5, 0.6) is 11.5 Å². The maximum atomic E-state index is 11.4. The molecule has 1 unspecified atom stereocenters. The van der Waals surface area contributed by atoms with Crippen molar-refractivity contribution in [3.05, 3.63) is 23.8 Å². The predicted molar refractivity (Wildman–Crippen MR) is 66.3 cm³/mol. The number of methoxy groups -OCH3 is 2. The zero-order valence-corrected chi connectivity index (χ0v) is 10.8. The van der Waals surface area contributed by atoms with E-state index in [-0.39, 0.29) is 18.5 Å². The monoisotopic (exact) mass is 265 g/mol. The second-order valence-electron chi connectivity index (χ2n) is 4.25. The standard InChI is InChI=1S/C13H15NO5/c1-18-10-4-3-8(5-11(10)19-2)9-6-12(15)14(9)7-13(16)17/h3-5,9H,6-7H2,1-2H3,(H,16,17). The van der Waals surface area contributed by atoms with Crippen molar-refractivity contribution in [3.8, 4) is 11.5 Å². The summed E-state index contributed by atoms with van der Waals surface area (Å²) in [5.41, 5.74) is 0.846. The fourth-order valence-corrected chi connectivity index (χ4v) is 2.16. The number of carboxylic acid groups (broad SMARTS) is 1. The number of hydrogen-bond acceptors (Lipinski definition) is 4. The van der Waals surface area contributed by atoms with Crippen LogP contribution in [0.25, 0.3) is 0 Å². The molecule has 0 saturated carbocycles. The molecule has 1 aromatic carbocycles. The van der Waals surface area contributed by atoms with Crippen LogP contribution < -0.4 is 9.47 Å². The van der Waals surface area contributed by atoms with Gasteiger partial charge in [0, 0.05) is 0 Å². The first-order valence-electron chi connectivity index (χ1n) is 5.80. The van der Waals surface area contributed by atoms with Crippen LogP contribution in [0.15, 0.2) is 18.2 Å². The first kappa shape index (κ1) is 13.2. The minimum Gasteiger partial charge on any atom is -0.493 e. The van der Waals surface area contributed by atoms with Gasteiger partial charge in [-0.15, -0.1) is 0 Å². The second kappa shape index (κ2) is 5.17. The first-order chi connectivity index (χ1) is 9.06. The number of amides is 1. The van der Waals surface area contributed by atoms with E-state index in [1.165, 1.54) is 12.0 Å². The molecule has 0 bridgehead atoms. The smallest absolute Gasteiger partial charge is 0.323 e. The highest BCUT2D eigenvalue weighted by Crippen LogP contribution is 2.38. The average Bonchev–Trinajstić information content (AvgIpc) is 2.41. The van der Waals surface area contributed by atoms with E-state index >= 15 is 0 Å². The Morgan fingerprint density at radius 2 is 2.05 bits per heavy atom. The summed E-state index contributed by atoms with van der Waals surface area (Å²) in [6, 6.07) is 5.12. The molecule has 0 spiro atoms. The third-order valence-electron chi connectivity index (χ3n) is 3.16. The minimum absolute atomic E-state index is 0.151. The van der Waals surface area contributed by atoms with Gasteiger partial charge in [0.2, 0.25) is 5.91 Å². The topological polar surface area (TPSA) is 76.1 Å². The maximum Gasteiger partial charge on any atom is 0.323 e. The van der Waals surface area contributed by atoms with Crippen LogP contribution in [0.1, 0.15) is 18.0 Å². The van der Waals surface area contributed by atoms with Crippen molar-refractivity contribution in [2.24, 2.45) is 0 Å². The van der Waals surface area contributed by atoms with Crippen LogP contribution >= 0.6 is 0 Å². The molecule has 0 aliphatic carbocycles. The summed E-state index contributed by atoms with van der Waals surface area (Å²) in [4.78, 5) is 23.5. The summed E-state index contributed by atoms with van der Waals surface area (Å²) in [5, 5.41) is 8.78. The van der Waals surface area contributed by atoms with E-state index in [0.29, 0.717) is 17.9 Å². The quantitative estimate of drug-likeness (QED) is 0.806. The highest BCUT2D eigenvalue weighted by molar-refractivity contribution is 5.87. The number of ether oxygens (including phenoxy) is 2. The summed E-state index contributed by atoms with van der Waals surface area (Å²) < 4.78 is 10.3. The number of aliphatic carboxylic acids is 1. The molecule has 1 N–H and O–H groups in total. The second-order valence-corrected chi connectivity index (χ2v) is 4.25. The van der Waals surface area contributed by atoms with E-state index in [0.717, 1.165) is 5.56 Å². The fourth-order valence-electron chi connectivity index (χ4n) is 2.16. The number of carbonyl (C=O) groups is 2. The Morgan fingerprint density at radius 1 is 1.37 bits per heavy atom. The number of β-lactam (4-membered cyclic amide) rings is 1. The number of benzene rings is 1. The van der Waals surface area contributed by atoms with Crippen LogP contribution in [0.2, 0.25) is 0 Å². The molecule has 1 aromatic rings. The van der Waals surface area contributed by atoms with Gasteiger partial charge in [-0.2, -0.15) is 0 Å². The number of carbonyl (C=O) groups excluding carboxylic acids is 1. The zero-order chi connectivity index (χ0) is 14.0. The van der Waals surface area contributed by atoms with E-state index in [9.17, 15) is 9.59 Å². The Bertz CT molecular complexity index is 514. The Morgan fingerprint density at radius 3 is 2.58 bits per heavy atom. The van der Waals surface area contributed by atoms with E-state index in [1.807, 2.05) is 6.07 Å². The Kier molecular flexibility index (Phi) is 3.59. The van der Waals surface area contributed by atoms with Crippen molar-refractivity contribution in [2.45, 2.75) is 12.5 Å². The summed E-state index contributed by atoms with van der Waals surface area (Å²) >= 11 is 0. The first-order valence-corrected chi connectivity index (χ1v) is 5.80. The van der Waals surface area contributed by atoms with Crippen molar-refractivity contribution in [3.63, 3.8) is 0 Å². The van der Waals surface area contributed by atoms with Crippen LogP contribution in [-0.4, -0.2) is 42.6 Å². The molecule has 1 aliphatic heterocycles. The molecule has 0 radical (unpaired) electrons. The van der Waals surface area contributed by atoms with E-state index in [4.69, 9.17) is 14.6 Å². The lowest BCUT2D eigenvalue weighted by Gasteiger charge is -2.39. The number of likely N-dealkylation sites (tertiary alicyclic amines) is 1. The van der Waals surface area contributed by atoms with Crippen molar-refractivity contribution in [2.75, 3.05) is 20.8 Å². The highest BCUT2D eigenvalue weighted by Gasteiger charge is 2.38. The van der Waals surface area contributed by atoms with Gasteiger partial charge in [-0.1, -0.05) is 6.07 Å². The largest absolute Gasteiger partial charge is 0.493 e. The van der Waals surface area contributed by atoms with Gasteiger partial charge in [0.15, 0.2) is 11.5 Å². The van der Waals surface area contributed by atoms with Gasteiger partial charge in [0.25, 0.3) is 0 Å². The normalized spacial score (nSPS) is 17.9. The number of carboxylic acids is 1. The minimum atomic E-state index is -1.02. The van der Waals surface area contributed by atoms with Crippen LogP contribution in [0.3, 0.4) is 0 Å². The molecule has 1 saturated heterocycles. The van der Waals surface area contributed by atoms with Gasteiger partial charge < -0.3 is 19.5 Å². The third kappa shape index (κ3) is 2.47. The fraction of sp³-hybridized carbons (Fsp3) is 0.385. The molecule has 6 nitrogen and oxygen atoms in total. The van der Waals surface area contributed by atoms with Gasteiger partial charge in [0.05, 0.1) is 26.7 Å². The highest BCUT2D eigenvalue weighted by atomic mass is 16.5. The lowest BCUT2D eigenvalue weighted by molar-refractivity contribution is -0.155. The maximum absolute atomic E-state index is 11.4. The molecule has 0 aromatic heterocycles. The Balaban J connectivity index is 2.22. The van der Waals surface area contributed by atoms with Gasteiger partial charge in [-0.05, 0) is 17.7 Å². The molecule has 19 heavy (non-hydrogen) atoms. The van der Waals surface area contributed by atoms with Gasteiger partial charge in [-0.3, -0.25) is 9.59 Å². The molecule has 102 valence electrons. The lowest BCUT2D eigenvalue weighted by atomic mass is 9.93. The summed E-state index contributed by atoms with van der Waals surface area (Å²) in [6.07, 6.45) is 0.322. The van der Waals surface area contributed by atoms with Crippen LogP contribution in [-0.2, 0) is 9.59 Å². The number of nitrogens with zero attached hydrogens (tertiary/aromatic N) is 1. The molecule has 1 amide bonds. The molecule has 6 heteroatoms. The molecule has 2 rings (SSSR count). The average molecular weight is 265 g/mol. The van der Waals surface area contributed by atoms with Gasteiger partial charge >= 0.3 is 5.97 Å². The van der Waals surface area contributed by atoms with Crippen LogP contribution in [0.4, 0.5) is 0 Å². The number of hydrogen-bond donors (Lipinski definition) is 1. The van der Waals surface area contributed by atoms with Crippen LogP contribution in [0, 0.1) is 0 Å². The van der Waals surface area contributed by atoms with Gasteiger partial charge in [0.1, 0.15) is 6.54 Å². The Hall–Kier alpha value is -2.24. The van der Waals surface area contributed by atoms with E-state index in [1.54, 1.807) is 19.2 Å². The van der Waals surface area contributed by atoms with Crippen molar-refractivity contribution >= 4 is 11.9 Å². The number of rotatable bonds is 5. The van der Waals surface area contributed by atoms with E-state index < -0.39 is 5.97 Å². The zero-order valence-electron chi connectivity index (χ0n) is 10.8. The molecule has 1 aliphatic rings. The summed E-state index contributed by atoms with van der Waals surface area (Å²) in [5.74, 6) is -0.00276. The Labute approximate surface area is 110 Å². The predicted octanol–water partition coefficient (Wildman–Crippen LogP) is 1.06. The van der Waals surface area contributed by atoms with Crippen molar-refractivity contribution in [1.82, 2.24) is 4.90 Å². The molecule has 1 heterocycles. The third-order valence-corrected chi connectivity index (χ3v) is 3.16.